The highest BCUT2D eigenvalue weighted by molar-refractivity contribution is 7.86. The summed E-state index contributed by atoms with van der Waals surface area (Å²) < 4.78 is 29.0. The van der Waals surface area contributed by atoms with Gasteiger partial charge in [0.15, 0.2) is 0 Å². The zero-order chi connectivity index (χ0) is 16.3. The second kappa shape index (κ2) is 6.33. The summed E-state index contributed by atoms with van der Waals surface area (Å²) in [6.07, 6.45) is 0. The van der Waals surface area contributed by atoms with E-state index in [-0.39, 0.29) is 17.2 Å². The fraction of sp³-hybridized carbons (Fsp3) is 0.143. The van der Waals surface area contributed by atoms with E-state index in [0.717, 1.165) is 0 Å². The summed E-state index contributed by atoms with van der Waals surface area (Å²) in [4.78, 5) is 10.00. The van der Waals surface area contributed by atoms with Crippen LogP contribution in [0.15, 0.2) is 42.5 Å². The highest BCUT2D eigenvalue weighted by Crippen LogP contribution is 2.23. The molecule has 2 rings (SSSR count). The van der Waals surface area contributed by atoms with E-state index in [1.54, 1.807) is 13.0 Å². The van der Waals surface area contributed by atoms with E-state index in [1.807, 2.05) is 0 Å². The lowest BCUT2D eigenvalue weighted by molar-refractivity contribution is -0.384. The van der Waals surface area contributed by atoms with Gasteiger partial charge in [0, 0.05) is 17.2 Å². The maximum Gasteiger partial charge on any atom is 0.313 e. The first-order valence-electron chi connectivity index (χ1n) is 6.18. The van der Waals surface area contributed by atoms with Crippen LogP contribution in [0, 0.1) is 17.0 Å². The van der Waals surface area contributed by atoms with E-state index >= 15 is 0 Å². The van der Waals surface area contributed by atoms with Crippen LogP contribution in [0.5, 0.6) is 5.75 Å². The first-order chi connectivity index (χ1) is 10.3. The molecule has 0 radical (unpaired) electrons. The molecule has 0 aliphatic heterocycles. The molecule has 8 heteroatoms. The summed E-state index contributed by atoms with van der Waals surface area (Å²) in [5.74, 6) is -0.212. The smallest absolute Gasteiger partial charge is 0.313 e. The molecule has 2 aromatic rings. The van der Waals surface area contributed by atoms with E-state index in [9.17, 15) is 18.5 Å². The molecule has 0 atom stereocenters. The highest BCUT2D eigenvalue weighted by atomic mass is 35.5. The number of benzene rings is 2. The third-order valence-corrected chi connectivity index (χ3v) is 4.40. The lowest BCUT2D eigenvalue weighted by Gasteiger charge is -2.08. The van der Waals surface area contributed by atoms with Crippen LogP contribution in [-0.4, -0.2) is 13.3 Å². The molecule has 0 unspecified atom stereocenters. The molecule has 6 nitrogen and oxygen atoms in total. The predicted octanol–water partition coefficient (Wildman–Crippen LogP) is 3.47. The third kappa shape index (κ3) is 4.19. The lowest BCUT2D eigenvalue weighted by Crippen LogP contribution is -2.12. The number of nitro groups is 1. The van der Waals surface area contributed by atoms with Crippen LogP contribution in [0.1, 0.15) is 11.1 Å². The first-order valence-corrected chi connectivity index (χ1v) is 8.14. The van der Waals surface area contributed by atoms with E-state index in [0.29, 0.717) is 16.1 Å². The van der Waals surface area contributed by atoms with Gasteiger partial charge < -0.3 is 4.18 Å². The van der Waals surface area contributed by atoms with Gasteiger partial charge in [0.25, 0.3) is 5.69 Å². The van der Waals surface area contributed by atoms with Crippen LogP contribution in [0.2, 0.25) is 5.02 Å². The molecule has 0 saturated carbocycles. The second-order valence-electron chi connectivity index (χ2n) is 4.62. The molecule has 0 heterocycles. The largest absolute Gasteiger partial charge is 0.382 e. The third-order valence-electron chi connectivity index (χ3n) is 2.84. The molecule has 116 valence electrons. The minimum atomic E-state index is -3.86. The van der Waals surface area contributed by atoms with Crippen molar-refractivity contribution in [1.29, 1.82) is 0 Å². The number of aryl methyl sites for hydroxylation is 1. The molecule has 22 heavy (non-hydrogen) atoms. The normalized spacial score (nSPS) is 11.2. The summed E-state index contributed by atoms with van der Waals surface area (Å²) in [6.45, 7) is 1.73. The number of nitrogens with zero attached hydrogens (tertiary/aromatic N) is 1. The summed E-state index contributed by atoms with van der Waals surface area (Å²) in [5, 5.41) is 11.1. The van der Waals surface area contributed by atoms with Crippen LogP contribution in [0.4, 0.5) is 5.69 Å². The van der Waals surface area contributed by atoms with Crippen LogP contribution >= 0.6 is 11.6 Å². The van der Waals surface area contributed by atoms with Crippen LogP contribution in [0.25, 0.3) is 0 Å². The SMILES string of the molecule is Cc1cc(OS(=O)(=O)Cc2ccc([N+](=O)[O-])cc2)ccc1Cl. The molecule has 0 aliphatic rings. The molecule has 0 aromatic heterocycles. The van der Waals surface area contributed by atoms with Gasteiger partial charge >= 0.3 is 10.1 Å². The second-order valence-corrected chi connectivity index (χ2v) is 6.60. The summed E-state index contributed by atoms with van der Waals surface area (Å²) in [6, 6.07) is 9.79. The monoisotopic (exact) mass is 341 g/mol. The van der Waals surface area contributed by atoms with Crippen LogP contribution < -0.4 is 4.18 Å². The maximum absolute atomic E-state index is 12.0. The Morgan fingerprint density at radius 3 is 2.36 bits per heavy atom. The van der Waals surface area contributed by atoms with Gasteiger partial charge in [0.05, 0.1) is 4.92 Å². The van der Waals surface area contributed by atoms with Crippen molar-refractivity contribution in [3.8, 4) is 5.75 Å². The first kappa shape index (κ1) is 16.3. The van der Waals surface area contributed by atoms with Gasteiger partial charge in [-0.1, -0.05) is 23.7 Å². The molecular weight excluding hydrogens is 330 g/mol. The number of halogens is 1. The zero-order valence-corrected chi connectivity index (χ0v) is 13.1. The molecule has 2 aromatic carbocycles. The van der Waals surface area contributed by atoms with E-state index in [4.69, 9.17) is 15.8 Å². The van der Waals surface area contributed by atoms with Gasteiger partial charge in [-0.05, 0) is 36.2 Å². The molecule has 0 amide bonds. The minimum absolute atomic E-state index is 0.101. The topological polar surface area (TPSA) is 86.5 Å². The van der Waals surface area contributed by atoms with E-state index in [1.165, 1.54) is 36.4 Å². The van der Waals surface area contributed by atoms with Crippen molar-refractivity contribution in [2.24, 2.45) is 0 Å². The Bertz CT molecular complexity index is 802. The van der Waals surface area contributed by atoms with Crippen molar-refractivity contribution >= 4 is 27.4 Å². The zero-order valence-electron chi connectivity index (χ0n) is 11.5. The van der Waals surface area contributed by atoms with Crippen molar-refractivity contribution < 1.29 is 17.5 Å². The van der Waals surface area contributed by atoms with Crippen LogP contribution in [0.3, 0.4) is 0 Å². The summed E-state index contributed by atoms with van der Waals surface area (Å²) >= 11 is 5.86. The quantitative estimate of drug-likeness (QED) is 0.472. The Morgan fingerprint density at radius 1 is 1.18 bits per heavy atom. The Hall–Kier alpha value is -2.12. The van der Waals surface area contributed by atoms with Gasteiger partial charge in [-0.3, -0.25) is 10.1 Å². The Kier molecular flexibility index (Phi) is 4.68. The standard InChI is InChI=1S/C14H12ClNO5S/c1-10-8-13(6-7-14(10)15)21-22(19,20)9-11-2-4-12(5-3-11)16(17)18/h2-8H,9H2,1H3. The fourth-order valence-electron chi connectivity index (χ4n) is 1.76. The number of rotatable bonds is 5. The number of hydrogen-bond acceptors (Lipinski definition) is 5. The average Bonchev–Trinajstić information content (AvgIpc) is 2.42. The summed E-state index contributed by atoms with van der Waals surface area (Å²) in [5.41, 5.74) is 0.997. The van der Waals surface area contributed by atoms with Gasteiger partial charge in [-0.25, -0.2) is 0 Å². The van der Waals surface area contributed by atoms with Crippen molar-refractivity contribution in [3.63, 3.8) is 0 Å². The number of hydrogen-bond donors (Lipinski definition) is 0. The van der Waals surface area contributed by atoms with Crippen LogP contribution in [-0.2, 0) is 15.9 Å². The Morgan fingerprint density at radius 2 is 1.82 bits per heavy atom. The molecular formula is C14H12ClNO5S. The molecule has 0 fully saturated rings. The Balaban J connectivity index is 2.13. The van der Waals surface area contributed by atoms with Crippen molar-refractivity contribution in [1.82, 2.24) is 0 Å². The molecule has 0 spiro atoms. The fourth-order valence-corrected chi connectivity index (χ4v) is 2.94. The average molecular weight is 342 g/mol. The Labute approximate surface area is 132 Å². The van der Waals surface area contributed by atoms with Gasteiger partial charge in [-0.2, -0.15) is 8.42 Å². The molecule has 0 saturated heterocycles. The van der Waals surface area contributed by atoms with Crippen molar-refractivity contribution in [2.45, 2.75) is 12.7 Å². The lowest BCUT2D eigenvalue weighted by atomic mass is 10.2. The van der Waals surface area contributed by atoms with Gasteiger partial charge in [-0.15, -0.1) is 0 Å². The molecule has 0 N–H and O–H groups in total. The van der Waals surface area contributed by atoms with E-state index in [2.05, 4.69) is 0 Å². The predicted molar refractivity (Wildman–Crippen MR) is 82.5 cm³/mol. The molecule has 0 bridgehead atoms. The number of nitro benzene ring substituents is 1. The highest BCUT2D eigenvalue weighted by Gasteiger charge is 2.15. The number of non-ortho nitro benzene ring substituents is 1. The van der Waals surface area contributed by atoms with Crippen molar-refractivity contribution in [3.05, 3.63) is 68.7 Å². The summed E-state index contributed by atoms with van der Waals surface area (Å²) in [7, 11) is -3.86. The van der Waals surface area contributed by atoms with Gasteiger partial charge in [0.2, 0.25) is 0 Å². The van der Waals surface area contributed by atoms with Crippen molar-refractivity contribution in [2.75, 3.05) is 0 Å². The minimum Gasteiger partial charge on any atom is -0.382 e. The van der Waals surface area contributed by atoms with Gasteiger partial charge in [0.1, 0.15) is 11.5 Å². The molecule has 0 aliphatic carbocycles. The maximum atomic E-state index is 12.0. The van der Waals surface area contributed by atoms with E-state index < -0.39 is 15.0 Å².